The lowest BCUT2D eigenvalue weighted by Gasteiger charge is -2.03. The molecule has 116 valence electrons. The number of hydrogen-bond donors (Lipinski definition) is 2. The number of rotatable bonds is 4. The molecule has 7 heteroatoms. The maximum atomic E-state index is 11.8. The van der Waals surface area contributed by atoms with Crippen LogP contribution in [0.4, 0.5) is 0 Å². The van der Waals surface area contributed by atoms with E-state index in [4.69, 9.17) is 0 Å². The zero-order valence-electron chi connectivity index (χ0n) is 12.8. The molecule has 0 saturated carbocycles. The van der Waals surface area contributed by atoms with Crippen LogP contribution in [-0.4, -0.2) is 32.1 Å². The van der Waals surface area contributed by atoms with Gasteiger partial charge >= 0.3 is 0 Å². The van der Waals surface area contributed by atoms with Crippen molar-refractivity contribution in [2.45, 2.75) is 13.8 Å². The minimum atomic E-state index is -0.343. The minimum Gasteiger partial charge on any atom is -0.273 e. The number of aryl methyl sites for hydroxylation is 1. The molecule has 2 aromatic heterocycles. The van der Waals surface area contributed by atoms with Gasteiger partial charge in [0.1, 0.15) is 5.69 Å². The van der Waals surface area contributed by atoms with Gasteiger partial charge in [0, 0.05) is 11.8 Å². The van der Waals surface area contributed by atoms with Crippen LogP contribution in [0.25, 0.3) is 5.69 Å². The van der Waals surface area contributed by atoms with E-state index >= 15 is 0 Å². The monoisotopic (exact) mass is 308 g/mol. The summed E-state index contributed by atoms with van der Waals surface area (Å²) in [7, 11) is 0. The Morgan fingerprint density at radius 3 is 2.74 bits per heavy atom. The van der Waals surface area contributed by atoms with Crippen molar-refractivity contribution in [2.75, 3.05) is 0 Å². The molecule has 1 amide bonds. The molecule has 0 unspecified atom stereocenters. The molecule has 2 heterocycles. The maximum Gasteiger partial charge on any atom is 0.289 e. The average Bonchev–Trinajstić information content (AvgIpc) is 3.19. The van der Waals surface area contributed by atoms with Crippen LogP contribution in [0.1, 0.15) is 27.4 Å². The molecular formula is C16H16N6O. The molecule has 2 N–H and O–H groups in total. The normalized spacial score (nSPS) is 11.0. The van der Waals surface area contributed by atoms with E-state index in [1.165, 1.54) is 6.20 Å². The Labute approximate surface area is 133 Å². The molecule has 23 heavy (non-hydrogen) atoms. The Morgan fingerprint density at radius 1 is 1.26 bits per heavy atom. The van der Waals surface area contributed by atoms with E-state index in [2.05, 4.69) is 25.8 Å². The SMILES string of the molecule is Cc1nn(-c2ccccc2)c(C)c1/C=N\NC(=O)c1ccn[nH]1. The number of carbonyl (C=O) groups is 1. The highest BCUT2D eigenvalue weighted by molar-refractivity contribution is 5.93. The number of aromatic nitrogens is 4. The number of aromatic amines is 1. The van der Waals surface area contributed by atoms with E-state index in [1.54, 1.807) is 12.3 Å². The van der Waals surface area contributed by atoms with Crippen molar-refractivity contribution in [3.8, 4) is 5.69 Å². The number of amides is 1. The molecule has 0 saturated heterocycles. The van der Waals surface area contributed by atoms with E-state index < -0.39 is 0 Å². The van der Waals surface area contributed by atoms with Crippen LogP contribution >= 0.6 is 0 Å². The second kappa shape index (κ2) is 6.27. The first-order chi connectivity index (χ1) is 11.2. The van der Waals surface area contributed by atoms with Gasteiger partial charge in [0.25, 0.3) is 5.91 Å². The third kappa shape index (κ3) is 3.03. The van der Waals surface area contributed by atoms with E-state index in [9.17, 15) is 4.79 Å². The molecule has 0 atom stereocenters. The van der Waals surface area contributed by atoms with Crippen molar-refractivity contribution in [2.24, 2.45) is 5.10 Å². The van der Waals surface area contributed by atoms with Crippen molar-refractivity contribution in [1.82, 2.24) is 25.4 Å². The first-order valence-electron chi connectivity index (χ1n) is 7.11. The fourth-order valence-corrected chi connectivity index (χ4v) is 2.26. The second-order valence-electron chi connectivity index (χ2n) is 5.00. The summed E-state index contributed by atoms with van der Waals surface area (Å²) in [5.41, 5.74) is 6.46. The molecule has 0 aliphatic rings. The molecule has 3 aromatic rings. The molecular weight excluding hydrogens is 292 g/mol. The van der Waals surface area contributed by atoms with Gasteiger partial charge in [0.2, 0.25) is 0 Å². The number of hydrogen-bond acceptors (Lipinski definition) is 4. The van der Waals surface area contributed by atoms with Crippen molar-refractivity contribution in [3.05, 3.63) is 65.2 Å². The van der Waals surface area contributed by atoms with Crippen molar-refractivity contribution < 1.29 is 4.79 Å². The molecule has 3 rings (SSSR count). The van der Waals surface area contributed by atoms with Crippen LogP contribution in [0.3, 0.4) is 0 Å². The fraction of sp³-hybridized carbons (Fsp3) is 0.125. The highest BCUT2D eigenvalue weighted by Gasteiger charge is 2.11. The number of nitrogens with one attached hydrogen (secondary N) is 2. The van der Waals surface area contributed by atoms with E-state index in [0.717, 1.165) is 22.6 Å². The zero-order valence-corrected chi connectivity index (χ0v) is 12.8. The first kappa shape index (κ1) is 14.7. The predicted octanol–water partition coefficient (Wildman–Crippen LogP) is 1.98. The van der Waals surface area contributed by atoms with Gasteiger partial charge in [-0.15, -0.1) is 0 Å². The highest BCUT2D eigenvalue weighted by atomic mass is 16.2. The van der Waals surface area contributed by atoms with Crippen LogP contribution in [0, 0.1) is 13.8 Å². The largest absolute Gasteiger partial charge is 0.289 e. The van der Waals surface area contributed by atoms with Crippen LogP contribution in [0.5, 0.6) is 0 Å². The molecule has 0 aliphatic heterocycles. The van der Waals surface area contributed by atoms with Crippen molar-refractivity contribution in [1.29, 1.82) is 0 Å². The summed E-state index contributed by atoms with van der Waals surface area (Å²) in [4.78, 5) is 11.8. The zero-order chi connectivity index (χ0) is 16.2. The molecule has 0 aliphatic carbocycles. The van der Waals surface area contributed by atoms with E-state index in [1.807, 2.05) is 48.9 Å². The Bertz CT molecular complexity index is 833. The molecule has 0 radical (unpaired) electrons. The summed E-state index contributed by atoms with van der Waals surface area (Å²) in [5, 5.41) is 14.8. The topological polar surface area (TPSA) is 88.0 Å². The number of para-hydroxylation sites is 1. The third-order valence-corrected chi connectivity index (χ3v) is 3.45. The number of carbonyl (C=O) groups excluding carboxylic acids is 1. The van der Waals surface area contributed by atoms with Gasteiger partial charge in [-0.2, -0.15) is 15.3 Å². The summed E-state index contributed by atoms with van der Waals surface area (Å²) < 4.78 is 1.85. The number of hydrazone groups is 1. The highest BCUT2D eigenvalue weighted by Crippen LogP contribution is 2.15. The van der Waals surface area contributed by atoms with Gasteiger partial charge in [0.05, 0.1) is 23.3 Å². The lowest BCUT2D eigenvalue weighted by molar-refractivity contribution is 0.0950. The summed E-state index contributed by atoms with van der Waals surface area (Å²) in [6.07, 6.45) is 3.11. The first-order valence-corrected chi connectivity index (χ1v) is 7.11. The maximum absolute atomic E-state index is 11.8. The van der Waals surface area contributed by atoms with Gasteiger partial charge in [-0.3, -0.25) is 9.89 Å². The number of H-pyrrole nitrogens is 1. The van der Waals surface area contributed by atoms with Crippen LogP contribution in [0.2, 0.25) is 0 Å². The Hall–Kier alpha value is -3.22. The average molecular weight is 308 g/mol. The molecule has 0 spiro atoms. The lowest BCUT2D eigenvalue weighted by Crippen LogP contribution is -2.18. The van der Waals surface area contributed by atoms with E-state index in [0.29, 0.717) is 5.69 Å². The third-order valence-electron chi connectivity index (χ3n) is 3.45. The van der Waals surface area contributed by atoms with Crippen molar-refractivity contribution >= 4 is 12.1 Å². The Kier molecular flexibility index (Phi) is 4.01. The van der Waals surface area contributed by atoms with Crippen LogP contribution in [0.15, 0.2) is 47.7 Å². The molecule has 1 aromatic carbocycles. The molecule has 0 fully saturated rings. The Balaban J connectivity index is 1.80. The molecule has 0 bridgehead atoms. The summed E-state index contributed by atoms with van der Waals surface area (Å²) >= 11 is 0. The molecule has 7 nitrogen and oxygen atoms in total. The van der Waals surface area contributed by atoms with Gasteiger partial charge in [-0.05, 0) is 32.0 Å². The smallest absolute Gasteiger partial charge is 0.273 e. The standard InChI is InChI=1S/C16H16N6O/c1-11-14(10-18-20-16(23)15-8-9-17-19-15)12(2)22(21-11)13-6-4-3-5-7-13/h3-10H,1-2H3,(H,17,19)(H,20,23)/b18-10-. The second-order valence-corrected chi connectivity index (χ2v) is 5.00. The lowest BCUT2D eigenvalue weighted by atomic mass is 10.2. The predicted molar refractivity (Wildman–Crippen MR) is 86.7 cm³/mol. The van der Waals surface area contributed by atoms with Crippen LogP contribution in [-0.2, 0) is 0 Å². The van der Waals surface area contributed by atoms with Gasteiger partial charge in [0.15, 0.2) is 0 Å². The minimum absolute atomic E-state index is 0.343. The fourth-order valence-electron chi connectivity index (χ4n) is 2.26. The van der Waals surface area contributed by atoms with E-state index in [-0.39, 0.29) is 5.91 Å². The summed E-state index contributed by atoms with van der Waals surface area (Å²) in [6, 6.07) is 11.4. The van der Waals surface area contributed by atoms with Crippen molar-refractivity contribution in [3.63, 3.8) is 0 Å². The summed E-state index contributed by atoms with van der Waals surface area (Å²) in [6.45, 7) is 3.87. The Morgan fingerprint density at radius 2 is 2.04 bits per heavy atom. The number of benzene rings is 1. The quantitative estimate of drug-likeness (QED) is 0.570. The van der Waals surface area contributed by atoms with Gasteiger partial charge in [-0.1, -0.05) is 18.2 Å². The van der Waals surface area contributed by atoms with Gasteiger partial charge < -0.3 is 0 Å². The van der Waals surface area contributed by atoms with Crippen LogP contribution < -0.4 is 5.43 Å². The number of nitrogens with zero attached hydrogens (tertiary/aromatic N) is 4. The summed E-state index contributed by atoms with van der Waals surface area (Å²) in [5.74, 6) is -0.343. The van der Waals surface area contributed by atoms with Gasteiger partial charge in [-0.25, -0.2) is 10.1 Å².